The quantitative estimate of drug-likeness (QED) is 0.829. The molecule has 0 aromatic heterocycles. The first-order valence-electron chi connectivity index (χ1n) is 9.49. The monoisotopic (exact) mass is 402 g/mol. The predicted molar refractivity (Wildman–Crippen MR) is 105 cm³/mol. The van der Waals surface area contributed by atoms with E-state index in [2.05, 4.69) is 0 Å². The zero-order valence-electron chi connectivity index (χ0n) is 16.1. The fourth-order valence-electron chi connectivity index (χ4n) is 3.80. The molecule has 0 spiro atoms. The largest absolute Gasteiger partial charge is 0.497 e. The molecule has 154 valence electrons. The number of morpholine rings is 1. The first kappa shape index (κ1) is 19.5. The van der Waals surface area contributed by atoms with Gasteiger partial charge in [0.15, 0.2) is 6.10 Å². The summed E-state index contributed by atoms with van der Waals surface area (Å²) in [4.78, 5) is 15.9. The highest BCUT2D eigenvalue weighted by molar-refractivity contribution is 5.91. The van der Waals surface area contributed by atoms with Crippen LogP contribution in [0.5, 0.6) is 5.75 Å². The van der Waals surface area contributed by atoms with Crippen LogP contribution in [0.3, 0.4) is 0 Å². The Hall–Kier alpha value is -2.84. The Bertz CT molecular complexity index is 870. The van der Waals surface area contributed by atoms with Crippen molar-refractivity contribution in [1.82, 2.24) is 0 Å². The van der Waals surface area contributed by atoms with Crippen molar-refractivity contribution < 1.29 is 28.5 Å². The number of benzene rings is 2. The number of hydrogen-bond donors (Lipinski definition) is 1. The van der Waals surface area contributed by atoms with Crippen molar-refractivity contribution in [1.29, 1.82) is 0 Å². The molecule has 2 aliphatic heterocycles. The summed E-state index contributed by atoms with van der Waals surface area (Å²) in [6.07, 6.45) is -1.37. The molecule has 0 saturated carbocycles. The van der Waals surface area contributed by atoms with Crippen LogP contribution >= 0.6 is 0 Å². The second kappa shape index (κ2) is 8.26. The lowest BCUT2D eigenvalue weighted by Crippen LogP contribution is -2.37. The summed E-state index contributed by atoms with van der Waals surface area (Å²) in [6.45, 7) is 1.99. The third kappa shape index (κ3) is 3.73. The molecule has 2 aromatic rings. The minimum absolute atomic E-state index is 0.340. The molecule has 7 nitrogen and oxygen atoms in total. The van der Waals surface area contributed by atoms with Gasteiger partial charge in [0.25, 0.3) is 0 Å². The maximum atomic E-state index is 14.9. The number of hydrogen-bond acceptors (Lipinski definition) is 6. The molecular formula is C21H23FN2O5. The van der Waals surface area contributed by atoms with E-state index in [0.717, 1.165) is 5.56 Å². The molecule has 2 aromatic carbocycles. The minimum Gasteiger partial charge on any atom is -0.497 e. The van der Waals surface area contributed by atoms with Gasteiger partial charge in [0.05, 0.1) is 38.3 Å². The Kier molecular flexibility index (Phi) is 5.55. The van der Waals surface area contributed by atoms with Gasteiger partial charge >= 0.3 is 6.09 Å². The first-order valence-corrected chi connectivity index (χ1v) is 9.49. The molecule has 1 amide bonds. The van der Waals surface area contributed by atoms with E-state index in [1.807, 2.05) is 4.90 Å². The molecule has 2 atom stereocenters. The standard InChI is InChI=1S/C21H23FN2O5/c1-27-16-5-2-14(3-6-16)20-19(13-25)29-21(26)24(20)15-4-7-18(17(22)12-15)23-8-10-28-11-9-23/h2-7,12,19-20,25H,8-11,13H2,1H3/t19-,20+/m0/s1. The van der Waals surface area contributed by atoms with Gasteiger partial charge in [0, 0.05) is 13.1 Å². The number of carbonyl (C=O) groups is 1. The maximum absolute atomic E-state index is 14.9. The van der Waals surface area contributed by atoms with E-state index < -0.39 is 24.1 Å². The number of carbonyl (C=O) groups excluding carboxylic acids is 1. The molecule has 0 unspecified atom stereocenters. The molecule has 1 N–H and O–H groups in total. The highest BCUT2D eigenvalue weighted by Crippen LogP contribution is 2.39. The van der Waals surface area contributed by atoms with Crippen molar-refractivity contribution in [2.75, 3.05) is 49.8 Å². The van der Waals surface area contributed by atoms with Gasteiger partial charge in [-0.05, 0) is 35.9 Å². The van der Waals surface area contributed by atoms with E-state index in [9.17, 15) is 14.3 Å². The predicted octanol–water partition coefficient (Wildman–Crippen LogP) is 2.73. The third-order valence-corrected chi connectivity index (χ3v) is 5.28. The van der Waals surface area contributed by atoms with Gasteiger partial charge in [-0.1, -0.05) is 12.1 Å². The number of ether oxygens (including phenoxy) is 3. The van der Waals surface area contributed by atoms with E-state index in [4.69, 9.17) is 14.2 Å². The number of amides is 1. The van der Waals surface area contributed by atoms with E-state index in [1.54, 1.807) is 43.5 Å². The number of cyclic esters (lactones) is 1. The van der Waals surface area contributed by atoms with Crippen LogP contribution < -0.4 is 14.5 Å². The van der Waals surface area contributed by atoms with Crippen LogP contribution in [0.4, 0.5) is 20.6 Å². The summed E-state index contributed by atoms with van der Waals surface area (Å²) in [5, 5.41) is 9.73. The molecule has 2 heterocycles. The van der Waals surface area contributed by atoms with Gasteiger partial charge in [-0.3, -0.25) is 4.90 Å². The molecule has 29 heavy (non-hydrogen) atoms. The van der Waals surface area contributed by atoms with Gasteiger partial charge < -0.3 is 24.2 Å². The number of halogens is 1. The SMILES string of the molecule is COc1ccc([C@@H]2[C@H](CO)OC(=O)N2c2ccc(N3CCOCC3)c(F)c2)cc1. The summed E-state index contributed by atoms with van der Waals surface area (Å²) in [5.74, 6) is 0.255. The minimum atomic E-state index is -0.752. The molecule has 0 aliphatic carbocycles. The van der Waals surface area contributed by atoms with Crippen LogP contribution in [0.15, 0.2) is 42.5 Å². The molecule has 0 bridgehead atoms. The second-order valence-electron chi connectivity index (χ2n) is 6.93. The zero-order chi connectivity index (χ0) is 20.4. The van der Waals surface area contributed by atoms with E-state index >= 15 is 0 Å². The summed E-state index contributed by atoms with van der Waals surface area (Å²) in [6, 6.07) is 11.3. The molecule has 8 heteroatoms. The molecule has 2 aliphatic rings. The highest BCUT2D eigenvalue weighted by atomic mass is 19.1. The Balaban J connectivity index is 1.67. The topological polar surface area (TPSA) is 71.5 Å². The van der Waals surface area contributed by atoms with Gasteiger partial charge in [-0.15, -0.1) is 0 Å². The van der Waals surface area contributed by atoms with Crippen molar-refractivity contribution in [3.8, 4) is 5.75 Å². The van der Waals surface area contributed by atoms with Gasteiger partial charge in [-0.25, -0.2) is 9.18 Å². The molecule has 4 rings (SSSR count). The number of rotatable bonds is 5. The van der Waals surface area contributed by atoms with E-state index in [0.29, 0.717) is 43.4 Å². The number of methoxy groups -OCH3 is 1. The number of nitrogens with zero attached hydrogens (tertiary/aromatic N) is 2. The van der Waals surface area contributed by atoms with Crippen molar-refractivity contribution in [2.24, 2.45) is 0 Å². The number of anilines is 2. The summed E-state index contributed by atoms with van der Waals surface area (Å²) >= 11 is 0. The Morgan fingerprint density at radius 2 is 1.90 bits per heavy atom. The lowest BCUT2D eigenvalue weighted by Gasteiger charge is -2.30. The number of aliphatic hydroxyl groups excluding tert-OH is 1. The van der Waals surface area contributed by atoms with Crippen LogP contribution in [0.1, 0.15) is 11.6 Å². The Morgan fingerprint density at radius 3 is 2.52 bits per heavy atom. The van der Waals surface area contributed by atoms with Crippen LogP contribution in [-0.4, -0.2) is 57.3 Å². The van der Waals surface area contributed by atoms with Crippen molar-refractivity contribution >= 4 is 17.5 Å². The van der Waals surface area contributed by atoms with Crippen LogP contribution in [-0.2, 0) is 9.47 Å². The van der Waals surface area contributed by atoms with Crippen LogP contribution in [0.25, 0.3) is 0 Å². The summed E-state index contributed by atoms with van der Waals surface area (Å²) < 4.78 is 30.7. The summed E-state index contributed by atoms with van der Waals surface area (Å²) in [5.41, 5.74) is 1.61. The van der Waals surface area contributed by atoms with Crippen LogP contribution in [0, 0.1) is 5.82 Å². The smallest absolute Gasteiger partial charge is 0.415 e. The lowest BCUT2D eigenvalue weighted by molar-refractivity contribution is 0.0829. The second-order valence-corrected chi connectivity index (χ2v) is 6.93. The average Bonchev–Trinajstić information content (AvgIpc) is 3.10. The van der Waals surface area contributed by atoms with Crippen LogP contribution in [0.2, 0.25) is 0 Å². The Labute approximate surface area is 168 Å². The first-order chi connectivity index (χ1) is 14.1. The fraction of sp³-hybridized carbons (Fsp3) is 0.381. The highest BCUT2D eigenvalue weighted by Gasteiger charge is 2.43. The van der Waals surface area contributed by atoms with Gasteiger partial charge in [0.1, 0.15) is 17.6 Å². The van der Waals surface area contributed by atoms with Gasteiger partial charge in [-0.2, -0.15) is 0 Å². The molecular weight excluding hydrogens is 379 g/mol. The maximum Gasteiger partial charge on any atom is 0.415 e. The normalized spacial score (nSPS) is 22.0. The van der Waals surface area contributed by atoms with Crippen molar-refractivity contribution in [2.45, 2.75) is 12.1 Å². The molecule has 2 saturated heterocycles. The Morgan fingerprint density at radius 1 is 1.17 bits per heavy atom. The number of aliphatic hydroxyl groups is 1. The van der Waals surface area contributed by atoms with Crippen molar-refractivity contribution in [3.63, 3.8) is 0 Å². The molecule has 2 fully saturated rings. The molecule has 0 radical (unpaired) electrons. The fourth-order valence-corrected chi connectivity index (χ4v) is 3.80. The summed E-state index contributed by atoms with van der Waals surface area (Å²) in [7, 11) is 1.57. The third-order valence-electron chi connectivity index (χ3n) is 5.28. The van der Waals surface area contributed by atoms with E-state index in [-0.39, 0.29) is 6.61 Å². The lowest BCUT2D eigenvalue weighted by atomic mass is 10.00. The zero-order valence-corrected chi connectivity index (χ0v) is 16.1. The van der Waals surface area contributed by atoms with E-state index in [1.165, 1.54) is 11.0 Å². The van der Waals surface area contributed by atoms with Crippen molar-refractivity contribution in [3.05, 3.63) is 53.8 Å². The van der Waals surface area contributed by atoms with Gasteiger partial charge in [0.2, 0.25) is 0 Å². The average molecular weight is 402 g/mol.